The third-order valence-electron chi connectivity index (χ3n) is 8.70. The predicted octanol–water partition coefficient (Wildman–Crippen LogP) is 5.11. The van der Waals surface area contributed by atoms with Crippen molar-refractivity contribution in [1.82, 2.24) is 9.55 Å². The first kappa shape index (κ1) is 25.9. The SMILES string of the molecule is COC(=O)N1c2ccc3c(nc(CN4c5ccccc5CS4(=O)=O)n3[C@@H]3CCC[C@@H](C(C)=O)C3)c2CC[C@@H]1C. The van der Waals surface area contributed by atoms with Gasteiger partial charge >= 0.3 is 6.09 Å². The maximum atomic E-state index is 13.3. The number of Topliss-reactive ketones (excluding diaryl/α,β-unsaturated/α-hetero) is 1. The molecule has 6 rings (SSSR count). The van der Waals surface area contributed by atoms with Gasteiger partial charge in [0.2, 0.25) is 10.0 Å². The number of rotatable bonds is 4. The van der Waals surface area contributed by atoms with Crippen LogP contribution in [0, 0.1) is 5.92 Å². The quantitative estimate of drug-likeness (QED) is 0.447. The van der Waals surface area contributed by atoms with Crippen LogP contribution >= 0.6 is 0 Å². The van der Waals surface area contributed by atoms with Crippen LogP contribution in [-0.4, -0.2) is 43.0 Å². The molecule has 1 saturated carbocycles. The highest BCUT2D eigenvalue weighted by molar-refractivity contribution is 7.92. The van der Waals surface area contributed by atoms with E-state index in [2.05, 4.69) is 4.57 Å². The monoisotopic (exact) mass is 550 g/mol. The van der Waals surface area contributed by atoms with Gasteiger partial charge in [-0.05, 0) is 69.7 Å². The van der Waals surface area contributed by atoms with Gasteiger partial charge in [0.05, 0.1) is 41.8 Å². The molecule has 0 radical (unpaired) electrons. The standard InChI is InChI=1S/C29H34N4O5S/c1-18-11-12-23-25(32(18)29(35)38-3)13-14-26-28(23)30-27(33(26)22-9-6-8-20(15-22)19(2)34)16-31-24-10-5-4-7-21(24)17-39(31,36)37/h4-5,7,10,13-14,18,20,22H,6,8-9,11-12,15-17H2,1-3H3/t18-,20+,22+/m0/s1. The molecule has 0 N–H and O–H groups in total. The van der Waals surface area contributed by atoms with Gasteiger partial charge in [-0.3, -0.25) is 14.0 Å². The van der Waals surface area contributed by atoms with E-state index in [1.165, 1.54) is 11.4 Å². The molecule has 0 spiro atoms. The molecule has 3 aromatic rings. The van der Waals surface area contributed by atoms with E-state index in [1.54, 1.807) is 11.8 Å². The lowest BCUT2D eigenvalue weighted by molar-refractivity contribution is -0.122. The first-order valence-electron chi connectivity index (χ1n) is 13.7. The third-order valence-corrected chi connectivity index (χ3v) is 10.4. The molecule has 2 aromatic carbocycles. The first-order valence-corrected chi connectivity index (χ1v) is 15.3. The lowest BCUT2D eigenvalue weighted by Gasteiger charge is -2.34. The Bertz CT molecular complexity index is 1580. The van der Waals surface area contributed by atoms with E-state index in [-0.39, 0.29) is 36.1 Å². The minimum absolute atomic E-state index is 0.00938. The molecule has 10 heteroatoms. The van der Waals surface area contributed by atoms with Crippen molar-refractivity contribution in [1.29, 1.82) is 0 Å². The van der Waals surface area contributed by atoms with Crippen LogP contribution in [0.2, 0.25) is 0 Å². The number of ketones is 1. The number of benzene rings is 2. The maximum Gasteiger partial charge on any atom is 0.414 e. The normalized spacial score (nSPS) is 23.9. The van der Waals surface area contributed by atoms with Gasteiger partial charge in [-0.2, -0.15) is 0 Å². The fourth-order valence-electron chi connectivity index (χ4n) is 6.72. The molecule has 2 aliphatic heterocycles. The maximum absolute atomic E-state index is 13.3. The number of hydrogen-bond acceptors (Lipinski definition) is 6. The Morgan fingerprint density at radius 1 is 1.08 bits per heavy atom. The number of carbonyl (C=O) groups is 2. The van der Waals surface area contributed by atoms with Gasteiger partial charge in [0, 0.05) is 23.6 Å². The zero-order valence-corrected chi connectivity index (χ0v) is 23.4. The van der Waals surface area contributed by atoms with Crippen LogP contribution in [0.4, 0.5) is 16.2 Å². The van der Waals surface area contributed by atoms with Crippen molar-refractivity contribution in [2.24, 2.45) is 5.92 Å². The number of nitrogens with zero attached hydrogens (tertiary/aromatic N) is 4. The number of sulfonamides is 1. The molecule has 1 aromatic heterocycles. The van der Waals surface area contributed by atoms with Gasteiger partial charge in [0.25, 0.3) is 0 Å². The second kappa shape index (κ2) is 9.66. The Balaban J connectivity index is 1.51. The van der Waals surface area contributed by atoms with Crippen LogP contribution in [0.3, 0.4) is 0 Å². The topological polar surface area (TPSA) is 102 Å². The van der Waals surface area contributed by atoms with Crippen LogP contribution in [0.15, 0.2) is 36.4 Å². The number of methoxy groups -OCH3 is 1. The Hall–Kier alpha value is -3.40. The third kappa shape index (κ3) is 4.29. The summed E-state index contributed by atoms with van der Waals surface area (Å²) in [5, 5.41) is 0. The predicted molar refractivity (Wildman–Crippen MR) is 149 cm³/mol. The number of aryl methyl sites for hydroxylation is 1. The van der Waals surface area contributed by atoms with Gasteiger partial charge in [-0.25, -0.2) is 18.2 Å². The Labute approximate surface area is 228 Å². The molecule has 1 amide bonds. The second-order valence-corrected chi connectivity index (χ2v) is 13.0. The van der Waals surface area contributed by atoms with E-state index < -0.39 is 16.1 Å². The summed E-state index contributed by atoms with van der Waals surface area (Å²) in [6.45, 7) is 3.78. The van der Waals surface area contributed by atoms with Crippen LogP contribution in [-0.2, 0) is 38.3 Å². The minimum Gasteiger partial charge on any atom is -0.452 e. The Kier molecular flexibility index (Phi) is 6.40. The van der Waals surface area contributed by atoms with Gasteiger partial charge in [0.15, 0.2) is 0 Å². The van der Waals surface area contributed by atoms with Crippen molar-refractivity contribution in [3.63, 3.8) is 0 Å². The number of aromatic nitrogens is 2. The molecule has 1 aliphatic carbocycles. The summed E-state index contributed by atoms with van der Waals surface area (Å²) in [7, 11) is -2.16. The average Bonchev–Trinajstić information content (AvgIpc) is 3.42. The highest BCUT2D eigenvalue weighted by Crippen LogP contribution is 2.42. The highest BCUT2D eigenvalue weighted by atomic mass is 32.2. The zero-order valence-electron chi connectivity index (χ0n) is 22.6. The number of hydrogen-bond donors (Lipinski definition) is 0. The molecular formula is C29H34N4O5S. The molecule has 0 bridgehead atoms. The second-order valence-electron chi connectivity index (χ2n) is 11.1. The Morgan fingerprint density at radius 3 is 2.64 bits per heavy atom. The lowest BCUT2D eigenvalue weighted by atomic mass is 9.83. The average molecular weight is 551 g/mol. The number of imidazole rings is 1. The minimum atomic E-state index is -3.55. The molecular weight excluding hydrogens is 516 g/mol. The fraction of sp³-hybridized carbons (Fsp3) is 0.483. The first-order chi connectivity index (χ1) is 18.7. The summed E-state index contributed by atoms with van der Waals surface area (Å²) in [5.41, 5.74) is 4.94. The van der Waals surface area contributed by atoms with Gasteiger partial charge in [0.1, 0.15) is 11.6 Å². The fourth-order valence-corrected chi connectivity index (χ4v) is 8.31. The van der Waals surface area contributed by atoms with Crippen molar-refractivity contribution in [2.45, 2.75) is 76.8 Å². The molecule has 3 atom stereocenters. The summed E-state index contributed by atoms with van der Waals surface area (Å²) in [4.78, 5) is 31.8. The Morgan fingerprint density at radius 2 is 1.87 bits per heavy atom. The van der Waals surface area contributed by atoms with Gasteiger partial charge in [-0.15, -0.1) is 0 Å². The molecule has 3 heterocycles. The lowest BCUT2D eigenvalue weighted by Crippen LogP contribution is -2.42. The van der Waals surface area contributed by atoms with E-state index in [9.17, 15) is 18.0 Å². The summed E-state index contributed by atoms with van der Waals surface area (Å²) in [6, 6.07) is 11.4. The smallest absolute Gasteiger partial charge is 0.414 e. The number of amides is 1. The van der Waals surface area contributed by atoms with E-state index >= 15 is 0 Å². The molecule has 9 nitrogen and oxygen atoms in total. The summed E-state index contributed by atoms with van der Waals surface area (Å²) >= 11 is 0. The van der Waals surface area contributed by atoms with Crippen LogP contribution in [0.25, 0.3) is 11.0 Å². The summed E-state index contributed by atoms with van der Waals surface area (Å²) in [5.74, 6) is 0.817. The van der Waals surface area contributed by atoms with Crippen molar-refractivity contribution in [3.8, 4) is 0 Å². The van der Waals surface area contributed by atoms with Gasteiger partial charge in [-0.1, -0.05) is 24.6 Å². The van der Waals surface area contributed by atoms with E-state index in [1.807, 2.05) is 43.3 Å². The number of ether oxygens (including phenoxy) is 1. The van der Waals surface area contributed by atoms with Crippen molar-refractivity contribution in [2.75, 3.05) is 16.3 Å². The van der Waals surface area contributed by atoms with Gasteiger partial charge < -0.3 is 9.30 Å². The van der Waals surface area contributed by atoms with E-state index in [0.717, 1.165) is 60.0 Å². The molecule has 0 saturated heterocycles. The molecule has 206 valence electrons. The van der Waals surface area contributed by atoms with E-state index in [0.29, 0.717) is 17.9 Å². The number of para-hydroxylation sites is 1. The number of anilines is 2. The molecule has 3 aliphatic rings. The van der Waals surface area contributed by atoms with Crippen LogP contribution in [0.5, 0.6) is 0 Å². The zero-order chi connectivity index (χ0) is 27.5. The molecule has 1 fully saturated rings. The summed E-state index contributed by atoms with van der Waals surface area (Å²) in [6.07, 6.45) is 4.53. The van der Waals surface area contributed by atoms with Crippen LogP contribution < -0.4 is 9.21 Å². The number of fused-ring (bicyclic) bond motifs is 4. The highest BCUT2D eigenvalue weighted by Gasteiger charge is 2.37. The molecule has 0 unspecified atom stereocenters. The van der Waals surface area contributed by atoms with Crippen LogP contribution in [0.1, 0.15) is 68.9 Å². The molecule has 39 heavy (non-hydrogen) atoms. The van der Waals surface area contributed by atoms with E-state index in [4.69, 9.17) is 9.72 Å². The van der Waals surface area contributed by atoms with Crippen molar-refractivity contribution < 1.29 is 22.7 Å². The number of carbonyl (C=O) groups excluding carboxylic acids is 2. The van der Waals surface area contributed by atoms with Crippen molar-refractivity contribution >= 4 is 44.3 Å². The largest absolute Gasteiger partial charge is 0.452 e. The summed E-state index contributed by atoms with van der Waals surface area (Å²) < 4.78 is 35.3. The van der Waals surface area contributed by atoms with Crippen molar-refractivity contribution in [3.05, 3.63) is 53.3 Å².